The normalized spacial score (nSPS) is 21.9. The highest BCUT2D eigenvalue weighted by Crippen LogP contribution is 2.28. The van der Waals surface area contributed by atoms with E-state index in [2.05, 4.69) is 9.98 Å². The van der Waals surface area contributed by atoms with Crippen molar-refractivity contribution in [2.24, 2.45) is 4.99 Å². The lowest BCUT2D eigenvalue weighted by Crippen LogP contribution is -2.07. The molecule has 106 valence electrons. The van der Waals surface area contributed by atoms with Gasteiger partial charge in [-0.25, -0.2) is 8.42 Å². The number of aromatic nitrogens is 1. The van der Waals surface area contributed by atoms with Crippen molar-refractivity contribution < 1.29 is 13.5 Å². The van der Waals surface area contributed by atoms with E-state index in [1.807, 2.05) is 0 Å². The lowest BCUT2D eigenvalue weighted by atomic mass is 10.2. The Bertz CT molecular complexity index is 795. The van der Waals surface area contributed by atoms with Crippen LogP contribution in [0.25, 0.3) is 10.9 Å². The summed E-state index contributed by atoms with van der Waals surface area (Å²) in [6.45, 7) is 0. The van der Waals surface area contributed by atoms with Gasteiger partial charge in [-0.1, -0.05) is 11.6 Å². The van der Waals surface area contributed by atoms with Crippen LogP contribution in [0.3, 0.4) is 0 Å². The van der Waals surface area contributed by atoms with E-state index in [4.69, 9.17) is 11.6 Å². The molecule has 0 amide bonds. The van der Waals surface area contributed by atoms with E-state index in [9.17, 15) is 13.5 Å². The Morgan fingerprint density at radius 3 is 2.95 bits per heavy atom. The van der Waals surface area contributed by atoms with Gasteiger partial charge >= 0.3 is 0 Å². The van der Waals surface area contributed by atoms with Crippen molar-refractivity contribution >= 4 is 38.6 Å². The molecule has 0 spiro atoms. The number of hydrogen-bond acceptors (Lipinski definition) is 4. The fraction of sp³-hybridized carbons (Fsp3) is 0.308. The number of hydrogen-bond donors (Lipinski definition) is 2. The molecule has 0 saturated carbocycles. The number of nitrogens with zero attached hydrogens (tertiary/aromatic N) is 1. The molecule has 1 aliphatic heterocycles. The first kappa shape index (κ1) is 13.5. The number of aliphatic imine (C=N–C) groups is 1. The van der Waals surface area contributed by atoms with Crippen molar-refractivity contribution in [2.45, 2.75) is 12.5 Å². The summed E-state index contributed by atoms with van der Waals surface area (Å²) in [5.41, 5.74) is 1.29. The van der Waals surface area contributed by atoms with Gasteiger partial charge in [-0.2, -0.15) is 0 Å². The van der Waals surface area contributed by atoms with Crippen LogP contribution in [0.1, 0.15) is 12.0 Å². The minimum atomic E-state index is -2.95. The van der Waals surface area contributed by atoms with Crippen LogP contribution < -0.4 is 0 Å². The van der Waals surface area contributed by atoms with E-state index in [-0.39, 0.29) is 23.4 Å². The number of aromatic amines is 1. The van der Waals surface area contributed by atoms with E-state index >= 15 is 0 Å². The molecule has 1 fully saturated rings. The number of nitrogens with one attached hydrogen (secondary N) is 1. The van der Waals surface area contributed by atoms with Crippen LogP contribution in [0, 0.1) is 0 Å². The highest BCUT2D eigenvalue weighted by atomic mass is 35.5. The molecular weight excluding hydrogens is 300 g/mol. The van der Waals surface area contributed by atoms with Crippen molar-refractivity contribution in [3.05, 3.63) is 28.8 Å². The topological polar surface area (TPSA) is 82.5 Å². The summed E-state index contributed by atoms with van der Waals surface area (Å²) in [5.74, 6) is 0.264. The zero-order chi connectivity index (χ0) is 14.3. The van der Waals surface area contributed by atoms with Crippen molar-refractivity contribution in [3.8, 4) is 5.88 Å². The molecule has 2 N–H and O–H groups in total. The Balaban J connectivity index is 1.95. The third-order valence-corrected chi connectivity index (χ3v) is 5.39. The van der Waals surface area contributed by atoms with E-state index in [0.29, 0.717) is 17.0 Å². The van der Waals surface area contributed by atoms with Crippen molar-refractivity contribution in [1.29, 1.82) is 0 Å². The molecule has 1 aromatic carbocycles. The molecule has 0 aliphatic carbocycles. The van der Waals surface area contributed by atoms with Gasteiger partial charge < -0.3 is 10.1 Å². The van der Waals surface area contributed by atoms with E-state index in [1.165, 1.54) is 6.21 Å². The Morgan fingerprint density at radius 1 is 1.45 bits per heavy atom. The number of aromatic hydroxyl groups is 1. The first-order valence-corrected chi connectivity index (χ1v) is 8.38. The summed E-state index contributed by atoms with van der Waals surface area (Å²) in [6, 6.07) is 5.00. The fourth-order valence-corrected chi connectivity index (χ4v) is 4.18. The van der Waals surface area contributed by atoms with E-state index in [1.54, 1.807) is 18.2 Å². The highest BCUT2D eigenvalue weighted by Gasteiger charge is 2.27. The van der Waals surface area contributed by atoms with Crippen LogP contribution in [0.2, 0.25) is 5.02 Å². The van der Waals surface area contributed by atoms with E-state index < -0.39 is 9.84 Å². The number of rotatable bonds is 2. The summed E-state index contributed by atoms with van der Waals surface area (Å²) >= 11 is 5.95. The molecule has 5 nitrogen and oxygen atoms in total. The Hall–Kier alpha value is -1.53. The zero-order valence-electron chi connectivity index (χ0n) is 10.5. The first-order valence-electron chi connectivity index (χ1n) is 6.18. The minimum absolute atomic E-state index is 0.00636. The van der Waals surface area contributed by atoms with Crippen molar-refractivity contribution in [1.82, 2.24) is 4.98 Å². The molecule has 1 saturated heterocycles. The average Bonchev–Trinajstić information content (AvgIpc) is 2.86. The van der Waals surface area contributed by atoms with Gasteiger partial charge in [-0.3, -0.25) is 4.99 Å². The zero-order valence-corrected chi connectivity index (χ0v) is 12.1. The van der Waals surface area contributed by atoms with Crippen LogP contribution in [-0.2, 0) is 9.84 Å². The number of sulfone groups is 1. The summed E-state index contributed by atoms with van der Waals surface area (Å²) in [6.07, 6.45) is 2.05. The third kappa shape index (κ3) is 2.53. The molecule has 1 unspecified atom stereocenters. The Labute approximate surface area is 121 Å². The molecule has 20 heavy (non-hydrogen) atoms. The smallest absolute Gasteiger partial charge is 0.198 e. The molecule has 0 bridgehead atoms. The van der Waals surface area contributed by atoms with Crippen LogP contribution in [-0.4, -0.2) is 42.3 Å². The molecule has 1 atom stereocenters. The number of halogens is 1. The van der Waals surface area contributed by atoms with Gasteiger partial charge in [-0.05, 0) is 24.6 Å². The second-order valence-electron chi connectivity index (χ2n) is 4.91. The summed E-state index contributed by atoms with van der Waals surface area (Å²) in [4.78, 5) is 7.11. The molecule has 1 aliphatic rings. The minimum Gasteiger partial charge on any atom is -0.494 e. The third-order valence-electron chi connectivity index (χ3n) is 3.40. The maximum atomic E-state index is 11.4. The quantitative estimate of drug-likeness (QED) is 0.833. The second-order valence-corrected chi connectivity index (χ2v) is 7.58. The predicted molar refractivity (Wildman–Crippen MR) is 79.6 cm³/mol. The summed E-state index contributed by atoms with van der Waals surface area (Å²) < 4.78 is 22.8. The van der Waals surface area contributed by atoms with Gasteiger partial charge in [0.15, 0.2) is 15.7 Å². The maximum absolute atomic E-state index is 11.4. The SMILES string of the molecule is O=S1(=O)CCC(N=Cc2c(O)[nH]c3ccc(Cl)cc23)C1. The fourth-order valence-electron chi connectivity index (χ4n) is 2.37. The molecule has 1 aromatic heterocycles. The van der Waals surface area contributed by atoms with E-state index in [0.717, 1.165) is 10.9 Å². The largest absolute Gasteiger partial charge is 0.494 e. The van der Waals surface area contributed by atoms with Crippen LogP contribution in [0.4, 0.5) is 0 Å². The van der Waals surface area contributed by atoms with Gasteiger partial charge in [0.05, 0.1) is 23.1 Å². The van der Waals surface area contributed by atoms with Gasteiger partial charge in [0.25, 0.3) is 0 Å². The standard InChI is InChI=1S/C13H13ClN2O3S/c14-8-1-2-12-10(5-8)11(13(17)16-12)6-15-9-3-4-20(18,19)7-9/h1-2,5-6,9,16-17H,3-4,7H2. The highest BCUT2D eigenvalue weighted by molar-refractivity contribution is 7.91. The Kier molecular flexibility index (Phi) is 3.22. The average molecular weight is 313 g/mol. The molecule has 2 aromatic rings. The predicted octanol–water partition coefficient (Wildman–Crippen LogP) is 2.13. The lowest BCUT2D eigenvalue weighted by molar-refractivity contribution is 0.457. The van der Waals surface area contributed by atoms with Crippen LogP contribution in [0.5, 0.6) is 5.88 Å². The van der Waals surface area contributed by atoms with Crippen molar-refractivity contribution in [3.63, 3.8) is 0 Å². The van der Waals surface area contributed by atoms with Crippen LogP contribution in [0.15, 0.2) is 23.2 Å². The van der Waals surface area contributed by atoms with Crippen molar-refractivity contribution in [2.75, 3.05) is 11.5 Å². The first-order chi connectivity index (χ1) is 9.44. The number of benzene rings is 1. The monoisotopic (exact) mass is 312 g/mol. The lowest BCUT2D eigenvalue weighted by Gasteiger charge is -1.99. The molecule has 0 radical (unpaired) electrons. The summed E-state index contributed by atoms with van der Waals surface area (Å²) in [5, 5.41) is 11.2. The number of H-pyrrole nitrogens is 1. The maximum Gasteiger partial charge on any atom is 0.198 e. The molecule has 3 rings (SSSR count). The van der Waals surface area contributed by atoms with Gasteiger partial charge in [0.1, 0.15) is 0 Å². The second kappa shape index (κ2) is 4.79. The summed E-state index contributed by atoms with van der Waals surface area (Å²) in [7, 11) is -2.95. The van der Waals surface area contributed by atoms with Gasteiger partial charge in [-0.15, -0.1) is 0 Å². The van der Waals surface area contributed by atoms with Gasteiger partial charge in [0.2, 0.25) is 0 Å². The Morgan fingerprint density at radius 2 is 2.25 bits per heavy atom. The molecule has 2 heterocycles. The molecular formula is C13H13ClN2O3S. The number of fused-ring (bicyclic) bond motifs is 1. The van der Waals surface area contributed by atoms with Crippen LogP contribution >= 0.6 is 11.6 Å². The molecule has 7 heteroatoms. The van der Waals surface area contributed by atoms with Gasteiger partial charge in [0, 0.05) is 22.1 Å².